The van der Waals surface area contributed by atoms with E-state index in [1.165, 1.54) is 0 Å². The number of nitrogens with two attached hydrogens (primary N) is 1. The highest BCUT2D eigenvalue weighted by atomic mass is 32.1. The number of ether oxygens (including phenoxy) is 1. The van der Waals surface area contributed by atoms with Crippen LogP contribution in [0.3, 0.4) is 0 Å². The van der Waals surface area contributed by atoms with Crippen molar-refractivity contribution in [2.24, 2.45) is 5.73 Å². The maximum absolute atomic E-state index is 5.41. The maximum Gasteiger partial charge on any atom is 0.120 e. The predicted octanol–water partition coefficient (Wildman–Crippen LogP) is -0.397. The summed E-state index contributed by atoms with van der Waals surface area (Å²) in [5, 5.41) is 0. The Morgan fingerprint density at radius 1 is 1.80 bits per heavy atom. The van der Waals surface area contributed by atoms with Crippen LogP contribution >= 0.6 is 12.2 Å². The van der Waals surface area contributed by atoms with Gasteiger partial charge in [0.25, 0.3) is 0 Å². The van der Waals surface area contributed by atoms with E-state index in [9.17, 15) is 0 Å². The fourth-order valence-electron chi connectivity index (χ4n) is 0.950. The summed E-state index contributed by atoms with van der Waals surface area (Å²) < 4.78 is 5.30. The molecular weight excluding hydrogens is 148 g/mol. The Morgan fingerprint density at radius 3 is 2.90 bits per heavy atom. The molecule has 2 N–H and O–H groups in total. The summed E-state index contributed by atoms with van der Waals surface area (Å²) in [4.78, 5) is 2.62. The Bertz CT molecular complexity index is 140. The SMILES string of the molecule is CN1CCO[C@@H](C(N)=S)C1. The van der Waals surface area contributed by atoms with Crippen molar-refractivity contribution in [1.29, 1.82) is 0 Å². The number of rotatable bonds is 1. The summed E-state index contributed by atoms with van der Waals surface area (Å²) in [6.07, 6.45) is -0.0336. The van der Waals surface area contributed by atoms with Crippen LogP contribution in [0.15, 0.2) is 0 Å². The third-order valence-corrected chi connectivity index (χ3v) is 1.85. The molecule has 0 aromatic carbocycles. The zero-order valence-corrected chi connectivity index (χ0v) is 6.86. The van der Waals surface area contributed by atoms with E-state index in [0.717, 1.165) is 19.7 Å². The molecule has 58 valence electrons. The van der Waals surface area contributed by atoms with Gasteiger partial charge in [-0.2, -0.15) is 0 Å². The van der Waals surface area contributed by atoms with Crippen molar-refractivity contribution in [2.45, 2.75) is 6.10 Å². The average molecular weight is 160 g/mol. The van der Waals surface area contributed by atoms with Gasteiger partial charge in [0.15, 0.2) is 0 Å². The van der Waals surface area contributed by atoms with Crippen LogP contribution in [0.2, 0.25) is 0 Å². The number of hydrogen-bond donors (Lipinski definition) is 1. The maximum atomic E-state index is 5.41. The van der Waals surface area contributed by atoms with Gasteiger partial charge < -0.3 is 15.4 Å². The number of hydrogen-bond acceptors (Lipinski definition) is 3. The van der Waals surface area contributed by atoms with E-state index in [-0.39, 0.29) is 6.10 Å². The number of morpholine rings is 1. The number of likely N-dealkylation sites (N-methyl/N-ethyl adjacent to an activating group) is 1. The van der Waals surface area contributed by atoms with Crippen LogP contribution in [0.25, 0.3) is 0 Å². The molecule has 1 fully saturated rings. The predicted molar refractivity (Wildman–Crippen MR) is 44.0 cm³/mol. The highest BCUT2D eigenvalue weighted by Gasteiger charge is 2.19. The van der Waals surface area contributed by atoms with Crippen molar-refractivity contribution in [3.63, 3.8) is 0 Å². The molecule has 0 amide bonds. The molecule has 4 heteroatoms. The second-order valence-electron chi connectivity index (χ2n) is 2.52. The molecule has 1 atom stereocenters. The van der Waals surface area contributed by atoms with Crippen LogP contribution in [-0.4, -0.2) is 42.7 Å². The summed E-state index contributed by atoms with van der Waals surface area (Å²) in [5.74, 6) is 0. The third kappa shape index (κ3) is 1.90. The first kappa shape index (κ1) is 7.91. The van der Waals surface area contributed by atoms with Gasteiger partial charge in [-0.05, 0) is 7.05 Å². The summed E-state index contributed by atoms with van der Waals surface area (Å²) in [6, 6.07) is 0. The lowest BCUT2D eigenvalue weighted by atomic mass is 10.3. The quantitative estimate of drug-likeness (QED) is 0.530. The first-order valence-corrected chi connectivity index (χ1v) is 3.70. The topological polar surface area (TPSA) is 38.5 Å². The van der Waals surface area contributed by atoms with Crippen LogP contribution < -0.4 is 5.73 Å². The van der Waals surface area contributed by atoms with Gasteiger partial charge in [-0.3, -0.25) is 0 Å². The van der Waals surface area contributed by atoms with E-state index in [1.807, 2.05) is 7.05 Å². The Hall–Kier alpha value is -0.190. The molecule has 0 aromatic rings. The van der Waals surface area contributed by atoms with E-state index in [2.05, 4.69) is 4.90 Å². The molecule has 1 saturated heterocycles. The van der Waals surface area contributed by atoms with Gasteiger partial charge in [0, 0.05) is 13.1 Å². The zero-order valence-electron chi connectivity index (χ0n) is 6.04. The molecule has 0 saturated carbocycles. The summed E-state index contributed by atoms with van der Waals surface area (Å²) in [7, 11) is 2.04. The van der Waals surface area contributed by atoms with Crippen molar-refractivity contribution < 1.29 is 4.74 Å². The van der Waals surface area contributed by atoms with E-state index in [4.69, 9.17) is 22.7 Å². The van der Waals surface area contributed by atoms with Crippen LogP contribution in [0.1, 0.15) is 0 Å². The Labute approximate surface area is 66.1 Å². The Kier molecular flexibility index (Phi) is 2.59. The molecule has 0 radical (unpaired) electrons. The molecule has 0 unspecified atom stereocenters. The van der Waals surface area contributed by atoms with Crippen LogP contribution in [0, 0.1) is 0 Å². The minimum Gasteiger partial charge on any atom is -0.391 e. The number of thiocarbonyl (C=S) groups is 1. The van der Waals surface area contributed by atoms with Crippen molar-refractivity contribution in [3.8, 4) is 0 Å². The third-order valence-electron chi connectivity index (χ3n) is 1.59. The zero-order chi connectivity index (χ0) is 7.56. The van der Waals surface area contributed by atoms with Gasteiger partial charge >= 0.3 is 0 Å². The molecule has 0 aromatic heterocycles. The standard InChI is InChI=1S/C6H12N2OS/c1-8-2-3-9-5(4-8)6(7)10/h5H,2-4H2,1H3,(H2,7,10)/t5-/m1/s1. The summed E-state index contributed by atoms with van der Waals surface area (Å²) >= 11 is 4.79. The summed E-state index contributed by atoms with van der Waals surface area (Å²) in [5.41, 5.74) is 5.41. The number of nitrogens with zero attached hydrogens (tertiary/aromatic N) is 1. The van der Waals surface area contributed by atoms with Crippen molar-refractivity contribution in [1.82, 2.24) is 4.90 Å². The molecule has 1 rings (SSSR count). The van der Waals surface area contributed by atoms with Crippen LogP contribution in [-0.2, 0) is 4.74 Å². The van der Waals surface area contributed by atoms with Gasteiger partial charge in [0.2, 0.25) is 0 Å². The smallest absolute Gasteiger partial charge is 0.120 e. The molecule has 10 heavy (non-hydrogen) atoms. The first-order chi connectivity index (χ1) is 4.70. The fraction of sp³-hybridized carbons (Fsp3) is 0.833. The highest BCUT2D eigenvalue weighted by molar-refractivity contribution is 7.80. The molecule has 1 aliphatic rings. The molecular formula is C6H12N2OS. The van der Waals surface area contributed by atoms with Gasteiger partial charge in [-0.1, -0.05) is 12.2 Å². The van der Waals surface area contributed by atoms with Crippen molar-refractivity contribution >= 4 is 17.2 Å². The molecule has 0 bridgehead atoms. The lowest BCUT2D eigenvalue weighted by molar-refractivity contribution is 0.0180. The monoisotopic (exact) mass is 160 g/mol. The Balaban J connectivity index is 2.39. The first-order valence-electron chi connectivity index (χ1n) is 3.29. The molecule has 0 spiro atoms. The normalized spacial score (nSPS) is 28.3. The van der Waals surface area contributed by atoms with Crippen LogP contribution in [0.5, 0.6) is 0 Å². The fourth-order valence-corrected chi connectivity index (χ4v) is 1.09. The molecule has 0 aliphatic carbocycles. The van der Waals surface area contributed by atoms with E-state index < -0.39 is 0 Å². The molecule has 3 nitrogen and oxygen atoms in total. The van der Waals surface area contributed by atoms with E-state index >= 15 is 0 Å². The molecule has 1 heterocycles. The average Bonchev–Trinajstić information content (AvgIpc) is 1.88. The van der Waals surface area contributed by atoms with E-state index in [1.54, 1.807) is 0 Å². The molecule has 1 aliphatic heterocycles. The van der Waals surface area contributed by atoms with Gasteiger partial charge in [0.1, 0.15) is 11.1 Å². The lowest BCUT2D eigenvalue weighted by Crippen LogP contribution is -2.45. The van der Waals surface area contributed by atoms with Crippen molar-refractivity contribution in [2.75, 3.05) is 26.7 Å². The van der Waals surface area contributed by atoms with Gasteiger partial charge in [0.05, 0.1) is 6.61 Å². The lowest BCUT2D eigenvalue weighted by Gasteiger charge is -2.28. The minimum absolute atomic E-state index is 0.0336. The Morgan fingerprint density at radius 2 is 2.50 bits per heavy atom. The van der Waals surface area contributed by atoms with Crippen molar-refractivity contribution in [3.05, 3.63) is 0 Å². The van der Waals surface area contributed by atoms with Gasteiger partial charge in [-0.25, -0.2) is 0 Å². The summed E-state index contributed by atoms with van der Waals surface area (Å²) in [6.45, 7) is 2.53. The van der Waals surface area contributed by atoms with E-state index in [0.29, 0.717) is 4.99 Å². The second kappa shape index (κ2) is 3.27. The largest absolute Gasteiger partial charge is 0.391 e. The van der Waals surface area contributed by atoms with Gasteiger partial charge in [-0.15, -0.1) is 0 Å². The second-order valence-corrected chi connectivity index (χ2v) is 3.00. The minimum atomic E-state index is -0.0336. The van der Waals surface area contributed by atoms with Crippen LogP contribution in [0.4, 0.5) is 0 Å². The highest BCUT2D eigenvalue weighted by Crippen LogP contribution is 2.02.